The molecule has 15 heavy (non-hydrogen) atoms. The molecular formula is C10H8FNO3. The minimum atomic E-state index is -0.672. The maximum Gasteiger partial charge on any atom is 0.358 e. The van der Waals surface area contributed by atoms with Gasteiger partial charge in [0.2, 0.25) is 0 Å². The number of benzene rings is 1. The van der Waals surface area contributed by atoms with Crippen molar-refractivity contribution in [1.82, 2.24) is 4.73 Å². The number of nitrogens with zero attached hydrogens (tertiary/aromatic N) is 1. The van der Waals surface area contributed by atoms with Gasteiger partial charge in [-0.15, -0.1) is 0 Å². The first-order valence-electron chi connectivity index (χ1n) is 4.22. The summed E-state index contributed by atoms with van der Waals surface area (Å²) in [5.74, 6) is -1.15. The van der Waals surface area contributed by atoms with Crippen molar-refractivity contribution in [3.63, 3.8) is 0 Å². The van der Waals surface area contributed by atoms with Crippen LogP contribution in [0.5, 0.6) is 0 Å². The first-order valence-corrected chi connectivity index (χ1v) is 4.22. The molecule has 0 atom stereocenters. The Labute approximate surface area is 84.5 Å². The average molecular weight is 209 g/mol. The van der Waals surface area contributed by atoms with Crippen molar-refractivity contribution < 1.29 is 19.1 Å². The summed E-state index contributed by atoms with van der Waals surface area (Å²) < 4.78 is 17.9. The molecule has 1 heterocycles. The highest BCUT2D eigenvalue weighted by atomic mass is 19.1. The second kappa shape index (κ2) is 3.27. The van der Waals surface area contributed by atoms with Crippen LogP contribution in [-0.4, -0.2) is 23.0 Å². The molecular weight excluding hydrogens is 201 g/mol. The van der Waals surface area contributed by atoms with Crippen LogP contribution in [0.4, 0.5) is 4.39 Å². The first kappa shape index (κ1) is 9.51. The molecule has 0 unspecified atom stereocenters. The molecule has 1 aromatic carbocycles. The van der Waals surface area contributed by atoms with E-state index in [1.54, 1.807) is 0 Å². The third-order valence-corrected chi connectivity index (χ3v) is 2.14. The van der Waals surface area contributed by atoms with Gasteiger partial charge in [0.15, 0.2) is 5.69 Å². The van der Waals surface area contributed by atoms with Gasteiger partial charge in [0.05, 0.1) is 12.6 Å². The van der Waals surface area contributed by atoms with Crippen molar-refractivity contribution in [3.05, 3.63) is 35.8 Å². The predicted molar refractivity (Wildman–Crippen MR) is 50.4 cm³/mol. The van der Waals surface area contributed by atoms with Gasteiger partial charge in [-0.1, -0.05) is 0 Å². The normalized spacial score (nSPS) is 10.5. The number of fused-ring (bicyclic) bond motifs is 1. The lowest BCUT2D eigenvalue weighted by atomic mass is 10.2. The zero-order chi connectivity index (χ0) is 11.0. The number of esters is 1. The number of carbonyl (C=O) groups is 1. The average Bonchev–Trinajstić information content (AvgIpc) is 2.55. The number of rotatable bonds is 1. The fraction of sp³-hybridized carbons (Fsp3) is 0.100. The third-order valence-electron chi connectivity index (χ3n) is 2.14. The molecule has 0 bridgehead atoms. The minimum Gasteiger partial charge on any atom is -0.464 e. The van der Waals surface area contributed by atoms with Crippen LogP contribution < -0.4 is 0 Å². The number of methoxy groups -OCH3 is 1. The molecule has 0 saturated heterocycles. The Morgan fingerprint density at radius 3 is 2.87 bits per heavy atom. The van der Waals surface area contributed by atoms with E-state index in [0.29, 0.717) is 10.1 Å². The molecule has 5 heteroatoms. The number of aromatic nitrogens is 1. The van der Waals surface area contributed by atoms with Gasteiger partial charge in [-0.25, -0.2) is 9.18 Å². The molecule has 0 aliphatic heterocycles. The molecule has 2 aromatic rings. The summed E-state index contributed by atoms with van der Waals surface area (Å²) in [5.41, 5.74) is 0.202. The lowest BCUT2D eigenvalue weighted by Gasteiger charge is -1.99. The van der Waals surface area contributed by atoms with Crippen LogP contribution in [0.25, 0.3) is 10.9 Å². The van der Waals surface area contributed by atoms with Gasteiger partial charge in [0.25, 0.3) is 0 Å². The molecule has 0 saturated carbocycles. The van der Waals surface area contributed by atoms with Gasteiger partial charge in [-0.3, -0.25) is 0 Å². The third kappa shape index (κ3) is 1.41. The van der Waals surface area contributed by atoms with Gasteiger partial charge < -0.3 is 9.94 Å². The molecule has 0 radical (unpaired) electrons. The summed E-state index contributed by atoms with van der Waals surface area (Å²) in [7, 11) is 1.21. The summed E-state index contributed by atoms with van der Waals surface area (Å²) in [6.07, 6.45) is 0. The molecule has 0 fully saturated rings. The van der Waals surface area contributed by atoms with Gasteiger partial charge in [-0.2, -0.15) is 4.73 Å². The highest BCUT2D eigenvalue weighted by Gasteiger charge is 2.15. The molecule has 0 spiro atoms. The van der Waals surface area contributed by atoms with E-state index in [0.717, 1.165) is 6.07 Å². The van der Waals surface area contributed by atoms with Crippen LogP contribution in [0.3, 0.4) is 0 Å². The zero-order valence-corrected chi connectivity index (χ0v) is 7.90. The second-order valence-electron chi connectivity index (χ2n) is 3.04. The zero-order valence-electron chi connectivity index (χ0n) is 7.90. The fourth-order valence-corrected chi connectivity index (χ4v) is 1.41. The summed E-state index contributed by atoms with van der Waals surface area (Å²) >= 11 is 0. The van der Waals surface area contributed by atoms with E-state index in [2.05, 4.69) is 4.74 Å². The standard InChI is InChI=1S/C10H8FNO3/c1-15-10(13)9-4-6-2-3-7(11)5-8(6)12(9)14/h2-5,14H,1H3. The molecule has 1 aromatic heterocycles. The fourth-order valence-electron chi connectivity index (χ4n) is 1.41. The maximum absolute atomic E-state index is 12.9. The van der Waals surface area contributed by atoms with E-state index in [9.17, 15) is 14.4 Å². The van der Waals surface area contributed by atoms with Crippen molar-refractivity contribution in [3.8, 4) is 0 Å². The van der Waals surface area contributed by atoms with Gasteiger partial charge >= 0.3 is 5.97 Å². The van der Waals surface area contributed by atoms with Crippen LogP contribution in [0.2, 0.25) is 0 Å². The molecule has 4 nitrogen and oxygen atoms in total. The monoisotopic (exact) mass is 209 g/mol. The number of carbonyl (C=O) groups excluding carboxylic acids is 1. The van der Waals surface area contributed by atoms with E-state index < -0.39 is 11.8 Å². The minimum absolute atomic E-state index is 0.0295. The Morgan fingerprint density at radius 2 is 2.20 bits per heavy atom. The van der Waals surface area contributed by atoms with Crippen molar-refractivity contribution in [2.45, 2.75) is 0 Å². The topological polar surface area (TPSA) is 51.5 Å². The van der Waals surface area contributed by atoms with Gasteiger partial charge in [0, 0.05) is 11.5 Å². The predicted octanol–water partition coefficient (Wildman–Crippen LogP) is 1.80. The molecule has 2 rings (SSSR count). The van der Waals surface area contributed by atoms with Crippen LogP contribution in [0, 0.1) is 5.82 Å². The number of hydrogen-bond acceptors (Lipinski definition) is 3. The Balaban J connectivity index is 2.69. The SMILES string of the molecule is COC(=O)c1cc2ccc(F)cc2n1O. The van der Waals surface area contributed by atoms with E-state index in [1.807, 2.05) is 0 Å². The smallest absolute Gasteiger partial charge is 0.358 e. The quantitative estimate of drug-likeness (QED) is 0.575. The van der Waals surface area contributed by atoms with Crippen molar-refractivity contribution in [2.75, 3.05) is 7.11 Å². The highest BCUT2D eigenvalue weighted by Crippen LogP contribution is 2.19. The summed E-state index contributed by atoms with van der Waals surface area (Å²) in [6.45, 7) is 0. The van der Waals surface area contributed by atoms with E-state index in [4.69, 9.17) is 0 Å². The number of ether oxygens (including phenoxy) is 1. The Kier molecular flexibility index (Phi) is 2.07. The Bertz CT molecular complexity index is 533. The summed E-state index contributed by atoms with van der Waals surface area (Å²) in [5, 5.41) is 10.1. The van der Waals surface area contributed by atoms with Crippen LogP contribution in [0.15, 0.2) is 24.3 Å². The lowest BCUT2D eigenvalue weighted by molar-refractivity contribution is 0.0554. The van der Waals surface area contributed by atoms with Crippen LogP contribution in [-0.2, 0) is 4.74 Å². The molecule has 78 valence electrons. The van der Waals surface area contributed by atoms with Crippen LogP contribution in [0.1, 0.15) is 10.5 Å². The molecule has 0 amide bonds. The largest absolute Gasteiger partial charge is 0.464 e. The van der Waals surface area contributed by atoms with E-state index in [-0.39, 0.29) is 11.2 Å². The Morgan fingerprint density at radius 1 is 1.47 bits per heavy atom. The molecule has 0 aliphatic rings. The number of halogens is 1. The van der Waals surface area contributed by atoms with E-state index >= 15 is 0 Å². The first-order chi connectivity index (χ1) is 7.13. The van der Waals surface area contributed by atoms with Crippen molar-refractivity contribution in [1.29, 1.82) is 0 Å². The van der Waals surface area contributed by atoms with Gasteiger partial charge in [-0.05, 0) is 18.2 Å². The Hall–Kier alpha value is -2.04. The van der Waals surface area contributed by atoms with Crippen molar-refractivity contribution in [2.24, 2.45) is 0 Å². The highest BCUT2D eigenvalue weighted by molar-refractivity contribution is 5.95. The molecule has 0 aliphatic carbocycles. The molecule has 1 N–H and O–H groups in total. The lowest BCUT2D eigenvalue weighted by Crippen LogP contribution is -2.07. The van der Waals surface area contributed by atoms with Gasteiger partial charge in [0.1, 0.15) is 5.82 Å². The van der Waals surface area contributed by atoms with Crippen LogP contribution >= 0.6 is 0 Å². The van der Waals surface area contributed by atoms with E-state index in [1.165, 1.54) is 25.3 Å². The summed E-state index contributed by atoms with van der Waals surface area (Å²) in [6, 6.07) is 5.30. The maximum atomic E-state index is 12.9. The summed E-state index contributed by atoms with van der Waals surface area (Å²) in [4.78, 5) is 11.2. The van der Waals surface area contributed by atoms with Crippen molar-refractivity contribution >= 4 is 16.9 Å². The number of hydrogen-bond donors (Lipinski definition) is 1. The second-order valence-corrected chi connectivity index (χ2v) is 3.04.